The Balaban J connectivity index is 1.42. The molecule has 3 aliphatic carbocycles. The summed E-state index contributed by atoms with van der Waals surface area (Å²) in [6, 6.07) is 22.3. The lowest BCUT2D eigenvalue weighted by Gasteiger charge is -2.67. The number of hydrogen-bond acceptors (Lipinski definition) is 17. The molecule has 19 heteroatoms. The van der Waals surface area contributed by atoms with Crippen molar-refractivity contribution in [3.05, 3.63) is 119 Å². The fourth-order valence-corrected chi connectivity index (χ4v) is 10.8. The van der Waals surface area contributed by atoms with Crippen molar-refractivity contribution in [2.24, 2.45) is 16.7 Å². The molecule has 372 valence electrons. The maximum Gasteiger partial charge on any atom is 0.338 e. The number of hydrogen-bond donors (Lipinski definition) is 5. The number of nitrogens with one attached hydrogen (secondary N) is 1. The molecule has 1 amide bonds. The smallest absolute Gasteiger partial charge is 0.338 e. The number of aliphatic hydroxyl groups is 3. The van der Waals surface area contributed by atoms with E-state index in [0.29, 0.717) is 5.56 Å². The number of ether oxygens (including phenoxy) is 6. The summed E-state index contributed by atoms with van der Waals surface area (Å²) in [7, 11) is 0. The van der Waals surface area contributed by atoms with E-state index in [2.05, 4.69) is 5.32 Å². The molecular formula is C51H55NO18. The highest BCUT2D eigenvalue weighted by Gasteiger charge is 2.79. The fourth-order valence-electron chi connectivity index (χ4n) is 10.8. The van der Waals surface area contributed by atoms with Crippen LogP contribution in [0.3, 0.4) is 0 Å². The Morgan fingerprint density at radius 1 is 0.800 bits per heavy atom. The van der Waals surface area contributed by atoms with Crippen LogP contribution >= 0.6 is 0 Å². The third kappa shape index (κ3) is 9.09. The second kappa shape index (κ2) is 19.5. The molecule has 3 aromatic rings. The van der Waals surface area contributed by atoms with E-state index in [1.807, 2.05) is 0 Å². The van der Waals surface area contributed by atoms with Crippen LogP contribution in [0.1, 0.15) is 93.1 Å². The molecule has 1 aliphatic heterocycles. The van der Waals surface area contributed by atoms with Crippen molar-refractivity contribution in [1.82, 2.24) is 5.32 Å². The summed E-state index contributed by atoms with van der Waals surface area (Å²) in [5, 5.41) is 48.0. The average molecular weight is 970 g/mol. The van der Waals surface area contributed by atoms with E-state index >= 15 is 4.79 Å². The molecule has 0 radical (unpaired) electrons. The van der Waals surface area contributed by atoms with Crippen LogP contribution in [-0.4, -0.2) is 128 Å². The molecule has 0 spiro atoms. The number of carbonyl (C=O) groups is 8. The molecule has 70 heavy (non-hydrogen) atoms. The maximum atomic E-state index is 16.0. The summed E-state index contributed by atoms with van der Waals surface area (Å²) in [6.45, 7) is 7.34. The van der Waals surface area contributed by atoms with Crippen LogP contribution in [0.4, 0.5) is 0 Å². The number of amides is 1. The predicted molar refractivity (Wildman–Crippen MR) is 240 cm³/mol. The first-order valence-corrected chi connectivity index (χ1v) is 22.6. The lowest BCUT2D eigenvalue weighted by atomic mass is 9.44. The number of benzene rings is 3. The van der Waals surface area contributed by atoms with Crippen molar-refractivity contribution in [1.29, 1.82) is 0 Å². The van der Waals surface area contributed by atoms with Gasteiger partial charge in [-0.25, -0.2) is 14.4 Å². The molecule has 7 rings (SSSR count). The zero-order chi connectivity index (χ0) is 51.1. The monoisotopic (exact) mass is 969 g/mol. The van der Waals surface area contributed by atoms with Crippen molar-refractivity contribution < 1.29 is 87.2 Å². The molecule has 19 nitrogen and oxygen atoms in total. The minimum Gasteiger partial charge on any atom is -0.479 e. The Labute approximate surface area is 402 Å². The molecule has 3 fully saturated rings. The normalized spacial score (nSPS) is 29.9. The Hall–Kier alpha value is -6.80. The SMILES string of the molecule is CC(=O)O[C@H]1C(=O)[C@@]2(C)C(C(OC(=O)c3ccccc3)[C@]3(O)C[C@H](OC(=O)[C@H](O)C(NC(=O)c4ccccc4)c4ccccc4)C(C)=C1C3(C)C)[C@]1(OC(C)=O)CO[C@@H]1C[C@@H]2OC(=O)CC(O)C(=O)O. The van der Waals surface area contributed by atoms with Gasteiger partial charge in [0.1, 0.15) is 30.0 Å². The second-order valence-electron chi connectivity index (χ2n) is 18.9. The zero-order valence-corrected chi connectivity index (χ0v) is 39.2. The van der Waals surface area contributed by atoms with Gasteiger partial charge in [0.05, 0.1) is 36.0 Å². The van der Waals surface area contributed by atoms with Crippen molar-refractivity contribution in [2.75, 3.05) is 6.61 Å². The number of esters is 5. The number of aliphatic hydroxyl groups excluding tert-OH is 2. The van der Waals surface area contributed by atoms with Gasteiger partial charge in [0, 0.05) is 37.7 Å². The Morgan fingerprint density at radius 3 is 1.93 bits per heavy atom. The molecular weight excluding hydrogens is 915 g/mol. The van der Waals surface area contributed by atoms with Crippen LogP contribution in [-0.2, 0) is 57.2 Å². The molecule has 1 saturated heterocycles. The van der Waals surface area contributed by atoms with E-state index in [4.69, 9.17) is 28.4 Å². The fraction of sp³-hybridized carbons (Fsp3) is 0.451. The number of ketones is 1. The van der Waals surface area contributed by atoms with Crippen molar-refractivity contribution >= 4 is 47.5 Å². The van der Waals surface area contributed by atoms with Crippen LogP contribution in [0, 0.1) is 16.7 Å². The zero-order valence-electron chi connectivity index (χ0n) is 39.2. The average Bonchev–Trinajstić information content (AvgIpc) is 3.31. The van der Waals surface area contributed by atoms with E-state index in [0.717, 1.165) is 13.8 Å². The third-order valence-electron chi connectivity index (χ3n) is 14.4. The third-order valence-corrected chi connectivity index (χ3v) is 14.4. The molecule has 2 saturated carbocycles. The topological polar surface area (TPSA) is 285 Å². The first-order chi connectivity index (χ1) is 33.0. The predicted octanol–water partition coefficient (Wildman–Crippen LogP) is 3.12. The molecule has 12 atom stereocenters. The molecule has 4 aliphatic rings. The van der Waals surface area contributed by atoms with Crippen molar-refractivity contribution in [3.8, 4) is 0 Å². The lowest BCUT2D eigenvalue weighted by molar-refractivity contribution is -0.346. The van der Waals surface area contributed by atoms with Gasteiger partial charge >= 0.3 is 35.8 Å². The van der Waals surface area contributed by atoms with Gasteiger partial charge in [-0.1, -0.05) is 80.6 Å². The summed E-state index contributed by atoms with van der Waals surface area (Å²) in [5.41, 5.74) is -8.24. The van der Waals surface area contributed by atoms with Gasteiger partial charge in [0.2, 0.25) is 0 Å². The molecule has 3 aromatic carbocycles. The summed E-state index contributed by atoms with van der Waals surface area (Å²) < 4.78 is 36.4. The van der Waals surface area contributed by atoms with Crippen molar-refractivity contribution in [3.63, 3.8) is 0 Å². The Morgan fingerprint density at radius 2 is 1.39 bits per heavy atom. The quantitative estimate of drug-likeness (QED) is 0.0881. The number of aliphatic carboxylic acids is 1. The second-order valence-corrected chi connectivity index (χ2v) is 18.9. The molecule has 4 unspecified atom stereocenters. The van der Waals surface area contributed by atoms with Gasteiger partial charge in [-0.05, 0) is 54.8 Å². The largest absolute Gasteiger partial charge is 0.479 e. The highest BCUT2D eigenvalue weighted by atomic mass is 16.6. The number of carbonyl (C=O) groups excluding carboxylic acids is 7. The van der Waals surface area contributed by atoms with Crippen molar-refractivity contribution in [2.45, 2.75) is 121 Å². The molecule has 0 aromatic heterocycles. The first-order valence-electron chi connectivity index (χ1n) is 22.6. The number of carboxylic acids is 1. The minimum atomic E-state index is -2.56. The van der Waals surface area contributed by atoms with Crippen LogP contribution < -0.4 is 5.32 Å². The van der Waals surface area contributed by atoms with E-state index in [-0.39, 0.29) is 22.3 Å². The van der Waals surface area contributed by atoms with E-state index in [1.54, 1.807) is 66.7 Å². The van der Waals surface area contributed by atoms with Gasteiger partial charge < -0.3 is 54.2 Å². The summed E-state index contributed by atoms with van der Waals surface area (Å²) in [5.74, 6) is -10.7. The molecule has 5 N–H and O–H groups in total. The number of fused-ring (bicyclic) bond motifs is 5. The van der Waals surface area contributed by atoms with E-state index in [1.165, 1.54) is 52.0 Å². The van der Waals surface area contributed by atoms with Gasteiger partial charge in [0.15, 0.2) is 29.7 Å². The van der Waals surface area contributed by atoms with E-state index in [9.17, 15) is 54.0 Å². The first kappa shape index (κ1) is 51.1. The van der Waals surface area contributed by atoms with Gasteiger partial charge in [-0.3, -0.25) is 24.0 Å². The van der Waals surface area contributed by atoms with Gasteiger partial charge in [-0.2, -0.15) is 0 Å². The highest BCUT2D eigenvalue weighted by molar-refractivity contribution is 5.96. The van der Waals surface area contributed by atoms with Crippen LogP contribution in [0.25, 0.3) is 0 Å². The van der Waals surface area contributed by atoms with Gasteiger partial charge in [0.25, 0.3) is 5.91 Å². The molecule has 2 bridgehead atoms. The minimum absolute atomic E-state index is 0.0282. The standard InChI is InChI=1S/C51H55NO18/c1-26-33(67-47(63)39(57)38(29-16-10-7-11-17-29)52-44(59)30-18-12-8-13-19-30)24-51(64)43(69-46(62)31-20-14-9-15-21-31)41-49(6,42(58)40(66-27(2)53)37(26)48(51,4)5)34(68-36(56)22-32(55)45(60)61)23-35-50(41,25-65-35)70-28(3)54/h7-21,32-35,38-41,43,55,57,64H,22-25H2,1-6H3,(H,52,59)(H,60,61)/t32?,33-,34-,35+,38?,39+,40+,41?,43?,49+,50-,51+/m0/s1. The highest BCUT2D eigenvalue weighted by Crippen LogP contribution is 2.65. The lowest BCUT2D eigenvalue weighted by Crippen LogP contribution is -2.82. The number of rotatable bonds is 14. The Kier molecular flexibility index (Phi) is 14.3. The van der Waals surface area contributed by atoms with Crippen LogP contribution in [0.5, 0.6) is 0 Å². The number of carboxylic acid groups (broad SMARTS) is 1. The summed E-state index contributed by atoms with van der Waals surface area (Å²) in [6.07, 6.45) is -15.1. The molecule has 1 heterocycles. The number of Topliss-reactive ketones (excluding diaryl/α,β-unsaturated/α-hetero) is 1. The van der Waals surface area contributed by atoms with Gasteiger partial charge in [-0.15, -0.1) is 0 Å². The summed E-state index contributed by atoms with van der Waals surface area (Å²) in [4.78, 5) is 110. The summed E-state index contributed by atoms with van der Waals surface area (Å²) >= 11 is 0. The van der Waals surface area contributed by atoms with E-state index < -0.39 is 150 Å². The maximum absolute atomic E-state index is 16.0. The van der Waals surface area contributed by atoms with Crippen LogP contribution in [0.15, 0.2) is 102 Å². The Bertz CT molecular complexity index is 2580. The van der Waals surface area contributed by atoms with Crippen LogP contribution in [0.2, 0.25) is 0 Å².